The van der Waals surface area contributed by atoms with Crippen LogP contribution in [0.1, 0.15) is 40.2 Å². The molecule has 1 aliphatic carbocycles. The van der Waals surface area contributed by atoms with Gasteiger partial charge in [0.2, 0.25) is 10.0 Å². The number of rotatable bonds is 6. The number of nitrogens with zero attached hydrogens (tertiary/aromatic N) is 2. The van der Waals surface area contributed by atoms with Crippen LogP contribution in [0.15, 0.2) is 29.2 Å². The van der Waals surface area contributed by atoms with E-state index in [1.165, 1.54) is 11.4 Å². The first-order chi connectivity index (χ1) is 12.4. The largest absolute Gasteiger partial charge is 0.349 e. The summed E-state index contributed by atoms with van der Waals surface area (Å²) in [5, 5.41) is 9.84. The second-order valence-electron chi connectivity index (χ2n) is 6.63. The summed E-state index contributed by atoms with van der Waals surface area (Å²) in [6, 6.07) is 6.72. The molecule has 7 nitrogen and oxygen atoms in total. The highest BCUT2D eigenvalue weighted by Gasteiger charge is 2.23. The van der Waals surface area contributed by atoms with Crippen molar-refractivity contribution >= 4 is 15.9 Å². The Balaban J connectivity index is 1.58. The minimum Gasteiger partial charge on any atom is -0.349 e. The first kappa shape index (κ1) is 18.6. The maximum atomic E-state index is 12.5. The number of likely N-dealkylation sites (N-methyl/N-ethyl adjacent to an activating group) is 1. The average molecular weight is 376 g/mol. The van der Waals surface area contributed by atoms with E-state index in [1.807, 2.05) is 6.92 Å². The van der Waals surface area contributed by atoms with Crippen LogP contribution in [0, 0.1) is 6.92 Å². The molecule has 1 aliphatic rings. The summed E-state index contributed by atoms with van der Waals surface area (Å²) in [7, 11) is -2.05. The Kier molecular flexibility index (Phi) is 5.43. The van der Waals surface area contributed by atoms with E-state index < -0.39 is 10.0 Å². The molecule has 3 rings (SSSR count). The lowest BCUT2D eigenvalue weighted by Crippen LogP contribution is -2.36. The van der Waals surface area contributed by atoms with Crippen LogP contribution < -0.4 is 5.32 Å². The number of H-pyrrole nitrogens is 1. The van der Waals surface area contributed by atoms with Gasteiger partial charge in [-0.15, -0.1) is 0 Å². The van der Waals surface area contributed by atoms with E-state index in [9.17, 15) is 13.2 Å². The number of amides is 1. The van der Waals surface area contributed by atoms with Crippen molar-refractivity contribution in [1.82, 2.24) is 19.8 Å². The summed E-state index contributed by atoms with van der Waals surface area (Å²) in [6.07, 6.45) is 3.95. The second-order valence-corrected chi connectivity index (χ2v) is 8.68. The Bertz CT molecular complexity index is 888. The highest BCUT2D eigenvalue weighted by Crippen LogP contribution is 2.22. The fourth-order valence-corrected chi connectivity index (χ4v) is 4.26. The Morgan fingerprint density at radius 2 is 1.92 bits per heavy atom. The number of aromatic nitrogens is 2. The number of carbonyl (C=O) groups is 1. The lowest BCUT2D eigenvalue weighted by atomic mass is 9.96. The third kappa shape index (κ3) is 3.81. The number of fused-ring (bicyclic) bond motifs is 1. The minimum absolute atomic E-state index is 0.189. The van der Waals surface area contributed by atoms with Gasteiger partial charge < -0.3 is 5.32 Å². The number of carbonyl (C=O) groups excluding carboxylic acids is 1. The van der Waals surface area contributed by atoms with Crippen molar-refractivity contribution in [1.29, 1.82) is 0 Å². The van der Waals surface area contributed by atoms with Crippen molar-refractivity contribution in [3.05, 3.63) is 46.8 Å². The van der Waals surface area contributed by atoms with Gasteiger partial charge in [0.15, 0.2) is 5.69 Å². The van der Waals surface area contributed by atoms with E-state index in [-0.39, 0.29) is 23.9 Å². The number of aryl methyl sites for hydroxylation is 2. The summed E-state index contributed by atoms with van der Waals surface area (Å²) in [6.45, 7) is 2.32. The van der Waals surface area contributed by atoms with Crippen molar-refractivity contribution in [3.8, 4) is 0 Å². The van der Waals surface area contributed by atoms with Crippen molar-refractivity contribution in [2.45, 2.75) is 37.5 Å². The average Bonchev–Trinajstić information content (AvgIpc) is 3.06. The number of benzene rings is 1. The predicted octanol–water partition coefficient (Wildman–Crippen LogP) is 1.65. The van der Waals surface area contributed by atoms with E-state index in [0.29, 0.717) is 5.69 Å². The van der Waals surface area contributed by atoms with Gasteiger partial charge >= 0.3 is 0 Å². The van der Waals surface area contributed by atoms with Gasteiger partial charge in [-0.1, -0.05) is 17.7 Å². The summed E-state index contributed by atoms with van der Waals surface area (Å²) in [4.78, 5) is 12.6. The smallest absolute Gasteiger partial charge is 0.272 e. The van der Waals surface area contributed by atoms with Crippen LogP contribution in [0.3, 0.4) is 0 Å². The maximum Gasteiger partial charge on any atom is 0.272 e. The molecule has 0 fully saturated rings. The fraction of sp³-hybridized carbons (Fsp3) is 0.444. The van der Waals surface area contributed by atoms with Gasteiger partial charge in [0.05, 0.1) is 4.90 Å². The zero-order valence-electron chi connectivity index (χ0n) is 15.1. The molecule has 2 aromatic rings. The van der Waals surface area contributed by atoms with Crippen molar-refractivity contribution in [3.63, 3.8) is 0 Å². The molecular weight excluding hydrogens is 352 g/mol. The Hall–Kier alpha value is -2.19. The Morgan fingerprint density at radius 3 is 2.65 bits per heavy atom. The first-order valence-corrected chi connectivity index (χ1v) is 10.2. The van der Waals surface area contributed by atoms with Gasteiger partial charge in [-0.2, -0.15) is 9.40 Å². The minimum atomic E-state index is -3.56. The molecule has 0 unspecified atom stereocenters. The monoisotopic (exact) mass is 376 g/mol. The third-order valence-electron chi connectivity index (χ3n) is 4.71. The topological polar surface area (TPSA) is 95.2 Å². The van der Waals surface area contributed by atoms with Gasteiger partial charge in [-0.3, -0.25) is 9.89 Å². The fourth-order valence-electron chi connectivity index (χ4n) is 3.09. The highest BCUT2D eigenvalue weighted by molar-refractivity contribution is 7.89. The molecule has 1 amide bonds. The lowest BCUT2D eigenvalue weighted by Gasteiger charge is -2.17. The van der Waals surface area contributed by atoms with Gasteiger partial charge in [-0.25, -0.2) is 8.42 Å². The number of hydrogen-bond acceptors (Lipinski definition) is 4. The van der Waals surface area contributed by atoms with Gasteiger partial charge in [-0.05, 0) is 44.7 Å². The van der Waals surface area contributed by atoms with Crippen LogP contribution in [0.25, 0.3) is 0 Å². The molecule has 0 atom stereocenters. The summed E-state index contributed by atoms with van der Waals surface area (Å²) >= 11 is 0. The van der Waals surface area contributed by atoms with Crippen molar-refractivity contribution in [2.75, 3.05) is 20.1 Å². The summed E-state index contributed by atoms with van der Waals surface area (Å²) in [5.74, 6) is -0.259. The van der Waals surface area contributed by atoms with Gasteiger partial charge in [0.1, 0.15) is 0 Å². The molecule has 2 N–H and O–H groups in total. The van der Waals surface area contributed by atoms with Crippen LogP contribution in [0.4, 0.5) is 0 Å². The predicted molar refractivity (Wildman–Crippen MR) is 98.6 cm³/mol. The third-order valence-corrected chi connectivity index (χ3v) is 6.58. The molecule has 1 aromatic heterocycles. The molecule has 0 bridgehead atoms. The molecule has 1 aromatic carbocycles. The standard InChI is InChI=1S/C18H24N4O3S/c1-13-7-9-14(10-8-13)26(24,25)22(2)12-11-19-18(23)17-15-5-3-4-6-16(15)20-21-17/h7-10H,3-6,11-12H2,1-2H3,(H,19,23)(H,20,21). The normalized spacial score (nSPS) is 14.3. The van der Waals surface area contributed by atoms with Crippen LogP contribution in [-0.2, 0) is 22.9 Å². The molecule has 0 radical (unpaired) electrons. The van der Waals surface area contributed by atoms with Gasteiger partial charge in [0, 0.05) is 31.4 Å². The summed E-state index contributed by atoms with van der Waals surface area (Å²) in [5.41, 5.74) is 3.47. The molecule has 140 valence electrons. The molecule has 26 heavy (non-hydrogen) atoms. The quantitative estimate of drug-likeness (QED) is 0.801. The van der Waals surface area contributed by atoms with E-state index >= 15 is 0 Å². The molecular formula is C18H24N4O3S. The van der Waals surface area contributed by atoms with Crippen LogP contribution in [-0.4, -0.2) is 49.0 Å². The van der Waals surface area contributed by atoms with Crippen molar-refractivity contribution < 1.29 is 13.2 Å². The zero-order valence-corrected chi connectivity index (χ0v) is 15.9. The molecule has 0 saturated heterocycles. The number of sulfonamides is 1. The van der Waals surface area contributed by atoms with Crippen molar-refractivity contribution in [2.24, 2.45) is 0 Å². The van der Waals surface area contributed by atoms with E-state index in [4.69, 9.17) is 0 Å². The first-order valence-electron chi connectivity index (χ1n) is 8.77. The highest BCUT2D eigenvalue weighted by atomic mass is 32.2. The van der Waals surface area contributed by atoms with E-state index in [1.54, 1.807) is 24.3 Å². The second kappa shape index (κ2) is 7.59. The molecule has 1 heterocycles. The number of aromatic amines is 1. The SMILES string of the molecule is Cc1ccc(S(=O)(=O)N(C)CCNC(=O)c2n[nH]c3c2CCCC3)cc1. The lowest BCUT2D eigenvalue weighted by molar-refractivity contribution is 0.0946. The number of nitrogens with one attached hydrogen (secondary N) is 2. The van der Waals surface area contributed by atoms with Crippen LogP contribution >= 0.6 is 0 Å². The molecule has 0 spiro atoms. The van der Waals surface area contributed by atoms with Crippen LogP contribution in [0.2, 0.25) is 0 Å². The van der Waals surface area contributed by atoms with Crippen LogP contribution in [0.5, 0.6) is 0 Å². The van der Waals surface area contributed by atoms with E-state index in [2.05, 4.69) is 15.5 Å². The summed E-state index contributed by atoms with van der Waals surface area (Å²) < 4.78 is 26.3. The zero-order chi connectivity index (χ0) is 18.7. The Morgan fingerprint density at radius 1 is 1.23 bits per heavy atom. The Labute approximate surface area is 153 Å². The molecule has 0 aliphatic heterocycles. The number of hydrogen-bond donors (Lipinski definition) is 2. The molecule has 8 heteroatoms. The van der Waals surface area contributed by atoms with E-state index in [0.717, 1.165) is 42.5 Å². The molecule has 0 saturated carbocycles. The van der Waals surface area contributed by atoms with Gasteiger partial charge in [0.25, 0.3) is 5.91 Å². The maximum absolute atomic E-state index is 12.5.